The second-order valence-electron chi connectivity index (χ2n) is 16.6. The normalized spacial score (nSPS) is 22.6. The van der Waals surface area contributed by atoms with Gasteiger partial charge in [0.25, 0.3) is 11.6 Å². The summed E-state index contributed by atoms with van der Waals surface area (Å²) in [5.41, 5.74) is 2.14. The van der Waals surface area contributed by atoms with Gasteiger partial charge >= 0.3 is 0 Å². The molecule has 4 heterocycles. The fraction of sp³-hybridized carbons (Fsp3) is 0.356. The number of hydrogen-bond donors (Lipinski definition) is 3. The molecule has 59 heavy (non-hydrogen) atoms. The van der Waals surface area contributed by atoms with Crippen LogP contribution in [0.4, 0.5) is 17.1 Å². The number of nitrogens with one attached hydrogen (secondary N) is 2. The summed E-state index contributed by atoms with van der Waals surface area (Å²) in [6.07, 6.45) is 2.87. The summed E-state index contributed by atoms with van der Waals surface area (Å²) >= 11 is 0. The van der Waals surface area contributed by atoms with Crippen LogP contribution in [0.2, 0.25) is 18.6 Å². The van der Waals surface area contributed by atoms with Crippen molar-refractivity contribution in [3.8, 4) is 5.75 Å². The number of anilines is 2. The van der Waals surface area contributed by atoms with Crippen molar-refractivity contribution < 1.29 is 33.9 Å². The molecule has 3 N–H and O–H groups in total. The molecule has 3 aliphatic heterocycles. The van der Waals surface area contributed by atoms with Gasteiger partial charge in [0.15, 0.2) is 5.60 Å². The first-order valence-corrected chi connectivity index (χ1v) is 23.2. The molecule has 14 heteroatoms. The average Bonchev–Trinajstić information content (AvgIpc) is 4.00. The monoisotopic (exact) mass is 815 g/mol. The highest BCUT2D eigenvalue weighted by Crippen LogP contribution is 2.60. The van der Waals surface area contributed by atoms with Gasteiger partial charge in [-0.15, -0.1) is 0 Å². The van der Waals surface area contributed by atoms with E-state index in [4.69, 9.17) is 9.47 Å². The number of benzene rings is 4. The van der Waals surface area contributed by atoms with Crippen molar-refractivity contribution in [2.24, 2.45) is 5.92 Å². The molecule has 0 bridgehead atoms. The molecular formula is C45H49N5O8Si. The number of nitrogens with zero attached hydrogens (tertiary/aromatic N) is 3. The van der Waals surface area contributed by atoms with Crippen LogP contribution in [0.3, 0.4) is 0 Å². The van der Waals surface area contributed by atoms with E-state index in [-0.39, 0.29) is 61.0 Å². The highest BCUT2D eigenvalue weighted by molar-refractivity contribution is 6.91. The number of aliphatic hydroxyl groups excluding tert-OH is 1. The number of nitro groups is 1. The number of methoxy groups -OCH3 is 1. The molecule has 5 atom stereocenters. The number of amides is 3. The van der Waals surface area contributed by atoms with Crippen LogP contribution in [0.15, 0.2) is 97.2 Å². The van der Waals surface area contributed by atoms with Crippen molar-refractivity contribution in [1.82, 2.24) is 9.88 Å². The maximum absolute atomic E-state index is 15.3. The average molecular weight is 816 g/mol. The Balaban J connectivity index is 1.11. The Morgan fingerprint density at radius 2 is 1.81 bits per heavy atom. The molecule has 306 valence electrons. The van der Waals surface area contributed by atoms with E-state index in [0.717, 1.165) is 33.6 Å². The van der Waals surface area contributed by atoms with Gasteiger partial charge in [-0.25, -0.2) is 0 Å². The summed E-state index contributed by atoms with van der Waals surface area (Å²) in [4.78, 5) is 60.7. The number of hydrogen-bond acceptors (Lipinski definition) is 8. The van der Waals surface area contributed by atoms with E-state index in [1.165, 1.54) is 12.1 Å². The number of carbonyl (C=O) groups excluding carboxylic acids is 3. The summed E-state index contributed by atoms with van der Waals surface area (Å²) in [5.74, 6) is -0.419. The van der Waals surface area contributed by atoms with E-state index in [9.17, 15) is 24.8 Å². The Hall–Kier alpha value is -5.83. The summed E-state index contributed by atoms with van der Waals surface area (Å²) in [6, 6.07) is 27.2. The Kier molecular flexibility index (Phi) is 10.7. The third-order valence-corrected chi connectivity index (χ3v) is 17.3. The molecule has 2 fully saturated rings. The van der Waals surface area contributed by atoms with Crippen LogP contribution in [-0.2, 0) is 37.7 Å². The van der Waals surface area contributed by atoms with E-state index in [2.05, 4.69) is 23.4 Å². The molecule has 3 aliphatic rings. The highest BCUT2D eigenvalue weighted by atomic mass is 28.3. The summed E-state index contributed by atoms with van der Waals surface area (Å²) in [7, 11) is -0.999. The maximum Gasteiger partial charge on any atom is 0.269 e. The topological polar surface area (TPSA) is 167 Å². The minimum atomic E-state index is -2.61. The lowest BCUT2D eigenvalue weighted by atomic mass is 9.82. The summed E-state index contributed by atoms with van der Waals surface area (Å²) in [5, 5.41) is 27.4. The predicted octanol–water partition coefficient (Wildman–Crippen LogP) is 6.40. The zero-order chi connectivity index (χ0) is 41.6. The van der Waals surface area contributed by atoms with Crippen molar-refractivity contribution in [1.29, 1.82) is 0 Å². The number of ether oxygens (including phenoxy) is 2. The zero-order valence-corrected chi connectivity index (χ0v) is 34.6. The number of aromatic amines is 1. The highest BCUT2D eigenvalue weighted by Gasteiger charge is 2.67. The van der Waals surface area contributed by atoms with Crippen molar-refractivity contribution in [2.75, 3.05) is 30.5 Å². The molecule has 8 rings (SSSR count). The van der Waals surface area contributed by atoms with Crippen molar-refractivity contribution in [3.05, 3.63) is 124 Å². The fourth-order valence-corrected chi connectivity index (χ4v) is 14.0. The number of aliphatic hydroxyl groups is 1. The van der Waals surface area contributed by atoms with E-state index < -0.39 is 30.6 Å². The Morgan fingerprint density at radius 3 is 2.53 bits per heavy atom. The lowest BCUT2D eigenvalue weighted by Gasteiger charge is -2.37. The third-order valence-electron chi connectivity index (χ3n) is 12.9. The number of para-hydroxylation sites is 1. The van der Waals surface area contributed by atoms with Crippen molar-refractivity contribution in [3.63, 3.8) is 0 Å². The molecule has 0 aliphatic carbocycles. The third kappa shape index (κ3) is 7.08. The number of rotatable bonds is 12. The summed E-state index contributed by atoms with van der Waals surface area (Å²) in [6.45, 7) is 6.97. The van der Waals surface area contributed by atoms with Crippen LogP contribution in [0.5, 0.6) is 5.75 Å². The molecule has 1 spiro atoms. The minimum Gasteiger partial charge on any atom is -0.497 e. The Labute approximate surface area is 343 Å². The van der Waals surface area contributed by atoms with Gasteiger partial charge in [0.05, 0.1) is 63.9 Å². The van der Waals surface area contributed by atoms with Crippen LogP contribution < -0.4 is 20.1 Å². The second-order valence-corrected chi connectivity index (χ2v) is 21.2. The lowest BCUT2D eigenvalue weighted by Crippen LogP contribution is -2.52. The van der Waals surface area contributed by atoms with E-state index in [1.54, 1.807) is 35.1 Å². The van der Waals surface area contributed by atoms with Crippen LogP contribution in [0, 0.1) is 16.0 Å². The van der Waals surface area contributed by atoms with Crippen molar-refractivity contribution >= 4 is 58.9 Å². The lowest BCUT2D eigenvalue weighted by molar-refractivity contribution is -0.385. The van der Waals surface area contributed by atoms with Crippen molar-refractivity contribution in [2.45, 2.75) is 75.5 Å². The maximum atomic E-state index is 15.3. The molecule has 0 radical (unpaired) electrons. The van der Waals surface area contributed by atoms with Gasteiger partial charge in [0, 0.05) is 52.9 Å². The van der Waals surface area contributed by atoms with Crippen LogP contribution in [0.25, 0.3) is 10.9 Å². The molecule has 5 aromatic rings. The minimum absolute atomic E-state index is 0.00483. The first kappa shape index (κ1) is 40.0. The van der Waals surface area contributed by atoms with Gasteiger partial charge in [0.2, 0.25) is 11.8 Å². The molecule has 1 aromatic heterocycles. The molecule has 0 saturated carbocycles. The van der Waals surface area contributed by atoms with E-state index in [0.29, 0.717) is 35.7 Å². The van der Waals surface area contributed by atoms with Gasteiger partial charge in [-0.3, -0.25) is 24.5 Å². The number of aromatic nitrogens is 1. The van der Waals surface area contributed by atoms with Gasteiger partial charge in [-0.05, 0) is 65.9 Å². The van der Waals surface area contributed by atoms with Gasteiger partial charge < -0.3 is 34.7 Å². The van der Waals surface area contributed by atoms with Gasteiger partial charge in [-0.1, -0.05) is 67.7 Å². The molecule has 3 amide bonds. The first-order chi connectivity index (χ1) is 28.3. The summed E-state index contributed by atoms with van der Waals surface area (Å²) < 4.78 is 12.5. The molecule has 0 unspecified atom stereocenters. The Bertz CT molecular complexity index is 2420. The zero-order valence-electron chi connectivity index (χ0n) is 33.6. The number of nitro benzene ring substituents is 1. The molecular weight excluding hydrogens is 767 g/mol. The quantitative estimate of drug-likeness (QED) is 0.0739. The standard InChI is InChI=1S/C45H49N5O8Si/c1-28-43(59(3,4)35-18-16-34(57-2)17-19-35)40(24-42(53)48-21-7-8-33(48)27-51)58-45(28)37-23-32(50(55)56)15-20-39(37)49(44(45)54)26-29-11-13-31(14-12-29)47-41(52)22-30-25-46-38-10-6-5-9-36(30)38/h5-6,9-20,23,25,28,33,40,43,46,51H,7-8,21-22,24,26-27H2,1-4H3,(H,47,52)/t28-,33+,40+,43-,45+/m1/s1. The van der Waals surface area contributed by atoms with Gasteiger partial charge in [0.1, 0.15) is 5.75 Å². The number of fused-ring (bicyclic) bond motifs is 3. The van der Waals surface area contributed by atoms with Crippen LogP contribution in [0.1, 0.15) is 42.9 Å². The molecule has 2 saturated heterocycles. The van der Waals surface area contributed by atoms with Crippen LogP contribution >= 0.6 is 0 Å². The first-order valence-electron chi connectivity index (χ1n) is 20.1. The van der Waals surface area contributed by atoms with Gasteiger partial charge in [-0.2, -0.15) is 0 Å². The number of likely N-dealkylation sites (tertiary alicyclic amines) is 1. The molecule has 4 aromatic carbocycles. The SMILES string of the molecule is COc1ccc([Si](C)(C)[C@H]2[C@H](CC(=O)N3CCC[C@H]3CO)O[C@@]3(C(=O)N(Cc4ccc(NC(=O)Cc5c[nH]c6ccccc56)cc4)c4ccc([N+](=O)[O-])cc43)[C@@H]2C)cc1. The largest absolute Gasteiger partial charge is 0.497 e. The smallest absolute Gasteiger partial charge is 0.269 e. The second kappa shape index (κ2) is 15.7. The Morgan fingerprint density at radius 1 is 1.07 bits per heavy atom. The van der Waals surface area contributed by atoms with E-state index >= 15 is 4.79 Å². The van der Waals surface area contributed by atoms with Crippen LogP contribution in [-0.4, -0.2) is 78.1 Å². The number of non-ortho nitro benzene ring substituents is 1. The number of H-pyrrole nitrogens is 1. The predicted molar refractivity (Wildman–Crippen MR) is 227 cm³/mol. The fourth-order valence-electron chi connectivity index (χ4n) is 9.95. The number of carbonyl (C=O) groups is 3. The molecule has 13 nitrogen and oxygen atoms in total. The van der Waals surface area contributed by atoms with E-state index in [1.807, 2.05) is 73.8 Å².